The molecule has 146 valence electrons. The first-order chi connectivity index (χ1) is 12.1. The van der Waals surface area contributed by atoms with Crippen LogP contribution in [0.4, 0.5) is 0 Å². The van der Waals surface area contributed by atoms with Crippen molar-refractivity contribution >= 4 is 41.3 Å². The number of nitrogens with one attached hydrogen (secondary N) is 2. The van der Waals surface area contributed by atoms with E-state index in [0.29, 0.717) is 6.54 Å². The Labute approximate surface area is 177 Å². The second-order valence-corrected chi connectivity index (χ2v) is 7.16. The Morgan fingerprint density at radius 3 is 2.73 bits per heavy atom. The lowest BCUT2D eigenvalue weighted by atomic mass is 10.2. The van der Waals surface area contributed by atoms with Gasteiger partial charge in [0, 0.05) is 30.6 Å². The van der Waals surface area contributed by atoms with Crippen molar-refractivity contribution in [3.8, 4) is 0 Å². The molecule has 8 heteroatoms. The van der Waals surface area contributed by atoms with Crippen LogP contribution in [0.3, 0.4) is 0 Å². The zero-order valence-electron chi connectivity index (χ0n) is 16.0. The minimum absolute atomic E-state index is 0. The number of guanidine groups is 1. The molecule has 0 aliphatic heterocycles. The topological polar surface area (TPSA) is 65.7 Å². The van der Waals surface area contributed by atoms with Crippen molar-refractivity contribution in [2.24, 2.45) is 4.99 Å². The van der Waals surface area contributed by atoms with Crippen molar-refractivity contribution in [3.05, 3.63) is 40.2 Å². The predicted octanol–water partition coefficient (Wildman–Crippen LogP) is 3.32. The fourth-order valence-electron chi connectivity index (χ4n) is 2.42. The Morgan fingerprint density at radius 1 is 1.35 bits per heavy atom. The molecule has 0 amide bonds. The smallest absolute Gasteiger partial charge is 0.191 e. The number of nitrogens with zero attached hydrogens (tertiary/aromatic N) is 3. The van der Waals surface area contributed by atoms with E-state index in [2.05, 4.69) is 34.4 Å². The fourth-order valence-corrected chi connectivity index (χ4v) is 3.28. The van der Waals surface area contributed by atoms with Crippen molar-refractivity contribution in [2.45, 2.75) is 32.7 Å². The molecule has 2 rings (SSSR count). The molecule has 6 nitrogen and oxygen atoms in total. The van der Waals surface area contributed by atoms with E-state index in [1.54, 1.807) is 17.6 Å². The van der Waals surface area contributed by atoms with E-state index >= 15 is 0 Å². The zero-order valence-corrected chi connectivity index (χ0v) is 19.1. The lowest BCUT2D eigenvalue weighted by Crippen LogP contribution is -2.39. The summed E-state index contributed by atoms with van der Waals surface area (Å²) in [5.41, 5.74) is 0. The van der Waals surface area contributed by atoms with Crippen LogP contribution in [0.2, 0.25) is 0 Å². The maximum absolute atomic E-state index is 5.54. The number of halogens is 1. The van der Waals surface area contributed by atoms with E-state index in [1.165, 1.54) is 9.88 Å². The third kappa shape index (κ3) is 7.24. The van der Waals surface area contributed by atoms with E-state index in [9.17, 15) is 0 Å². The number of likely N-dealkylation sites (N-methyl/N-ethyl adjacent to an activating group) is 1. The van der Waals surface area contributed by atoms with Crippen LogP contribution in [0.25, 0.3) is 0 Å². The molecule has 0 aliphatic carbocycles. The fraction of sp³-hybridized carbons (Fsp3) is 0.556. The highest BCUT2D eigenvalue weighted by Gasteiger charge is 2.16. The zero-order chi connectivity index (χ0) is 18.1. The number of thiazole rings is 1. The Kier molecular flexibility index (Phi) is 10.8. The third-order valence-electron chi connectivity index (χ3n) is 3.84. The maximum atomic E-state index is 5.54. The van der Waals surface area contributed by atoms with Gasteiger partial charge in [0.2, 0.25) is 0 Å². The largest absolute Gasteiger partial charge is 0.468 e. The molecule has 1 unspecified atom stereocenters. The molecule has 2 heterocycles. The Hall–Kier alpha value is -1.13. The van der Waals surface area contributed by atoms with Crippen molar-refractivity contribution in [1.29, 1.82) is 0 Å². The molecule has 0 saturated heterocycles. The quantitative estimate of drug-likeness (QED) is 0.320. The lowest BCUT2D eigenvalue weighted by molar-refractivity contribution is 0.265. The first-order valence-corrected chi connectivity index (χ1v) is 9.61. The normalized spacial score (nSPS) is 12.7. The van der Waals surface area contributed by atoms with Crippen molar-refractivity contribution in [3.63, 3.8) is 0 Å². The van der Waals surface area contributed by atoms with Gasteiger partial charge in [0.05, 0.1) is 23.9 Å². The minimum atomic E-state index is 0. The van der Waals surface area contributed by atoms with E-state index in [0.717, 1.165) is 37.7 Å². The van der Waals surface area contributed by atoms with Gasteiger partial charge in [-0.05, 0) is 39.6 Å². The molecule has 1 atom stereocenters. The molecule has 0 aliphatic rings. The molecule has 0 fully saturated rings. The number of rotatable bonds is 9. The number of furan rings is 1. The number of aryl methyl sites for hydroxylation is 1. The number of aliphatic imine (C=N–C) groups is 1. The van der Waals surface area contributed by atoms with Crippen LogP contribution in [-0.4, -0.2) is 49.6 Å². The van der Waals surface area contributed by atoms with Gasteiger partial charge in [-0.2, -0.15) is 0 Å². The lowest BCUT2D eigenvalue weighted by Gasteiger charge is -2.21. The summed E-state index contributed by atoms with van der Waals surface area (Å²) in [5, 5.41) is 7.86. The second-order valence-electron chi connectivity index (χ2n) is 5.97. The summed E-state index contributed by atoms with van der Waals surface area (Å²) >= 11 is 1.79. The number of hydrogen-bond donors (Lipinski definition) is 2. The molecule has 0 spiro atoms. The highest BCUT2D eigenvalue weighted by molar-refractivity contribution is 14.0. The highest BCUT2D eigenvalue weighted by atomic mass is 127. The van der Waals surface area contributed by atoms with Crippen LogP contribution in [0.15, 0.2) is 34.0 Å². The summed E-state index contributed by atoms with van der Waals surface area (Å²) < 4.78 is 5.54. The molecule has 0 bridgehead atoms. The predicted molar refractivity (Wildman–Crippen MR) is 120 cm³/mol. The summed E-state index contributed by atoms with van der Waals surface area (Å²) in [5.74, 6) is 1.76. The van der Waals surface area contributed by atoms with Gasteiger partial charge in [-0.3, -0.25) is 9.89 Å². The van der Waals surface area contributed by atoms with Crippen molar-refractivity contribution in [2.75, 3.05) is 33.7 Å². The monoisotopic (exact) mass is 491 g/mol. The molecular weight excluding hydrogens is 461 g/mol. The van der Waals surface area contributed by atoms with E-state index in [4.69, 9.17) is 9.41 Å². The molecule has 2 aromatic heterocycles. The molecule has 0 saturated carbocycles. The van der Waals surface area contributed by atoms with E-state index < -0.39 is 0 Å². The van der Waals surface area contributed by atoms with Gasteiger partial charge in [-0.1, -0.05) is 6.92 Å². The standard InChI is InChI=1S/C18H29N5OS.HI/c1-5-14-12-21-17(25-14)9-10-20-18(19-6-2)22-13-15(23(3)4)16-8-7-11-24-16;/h7-8,11-12,15H,5-6,9-10,13H2,1-4H3,(H2,19,20,22);1H. The van der Waals surface area contributed by atoms with Crippen LogP contribution in [-0.2, 0) is 12.8 Å². The Morgan fingerprint density at radius 2 is 2.15 bits per heavy atom. The number of hydrogen-bond acceptors (Lipinski definition) is 5. The van der Waals surface area contributed by atoms with Gasteiger partial charge < -0.3 is 15.1 Å². The molecule has 2 N–H and O–H groups in total. The van der Waals surface area contributed by atoms with E-state index in [-0.39, 0.29) is 30.0 Å². The van der Waals surface area contributed by atoms with Crippen molar-refractivity contribution < 1.29 is 4.42 Å². The summed E-state index contributed by atoms with van der Waals surface area (Å²) in [4.78, 5) is 12.6. The maximum Gasteiger partial charge on any atom is 0.191 e. The van der Waals surface area contributed by atoms with Gasteiger partial charge in [0.15, 0.2) is 5.96 Å². The average molecular weight is 491 g/mol. The number of aromatic nitrogens is 1. The van der Waals surface area contributed by atoms with Gasteiger partial charge in [0.1, 0.15) is 5.76 Å². The van der Waals surface area contributed by atoms with Crippen LogP contribution in [0.5, 0.6) is 0 Å². The van der Waals surface area contributed by atoms with Crippen LogP contribution >= 0.6 is 35.3 Å². The van der Waals surface area contributed by atoms with Crippen LogP contribution in [0, 0.1) is 0 Å². The first kappa shape index (κ1) is 22.9. The molecule has 26 heavy (non-hydrogen) atoms. The van der Waals surface area contributed by atoms with Crippen molar-refractivity contribution in [1.82, 2.24) is 20.5 Å². The average Bonchev–Trinajstić information content (AvgIpc) is 3.26. The SMILES string of the molecule is CCNC(=NCC(c1ccco1)N(C)C)NCCc1ncc(CC)s1.I. The van der Waals surface area contributed by atoms with Crippen LogP contribution < -0.4 is 10.6 Å². The summed E-state index contributed by atoms with van der Waals surface area (Å²) in [6.45, 7) is 6.51. The summed E-state index contributed by atoms with van der Waals surface area (Å²) in [7, 11) is 4.08. The first-order valence-electron chi connectivity index (χ1n) is 8.79. The summed E-state index contributed by atoms with van der Waals surface area (Å²) in [6.07, 6.45) is 5.64. The van der Waals surface area contributed by atoms with Gasteiger partial charge in [-0.15, -0.1) is 35.3 Å². The molecule has 0 radical (unpaired) electrons. The summed E-state index contributed by atoms with van der Waals surface area (Å²) in [6, 6.07) is 4.03. The van der Waals surface area contributed by atoms with Gasteiger partial charge in [-0.25, -0.2) is 4.98 Å². The second kappa shape index (κ2) is 12.3. The third-order valence-corrected chi connectivity index (χ3v) is 5.04. The van der Waals surface area contributed by atoms with E-state index in [1.807, 2.05) is 32.4 Å². The van der Waals surface area contributed by atoms with Gasteiger partial charge >= 0.3 is 0 Å². The molecule has 0 aromatic carbocycles. The Bertz CT molecular complexity index is 642. The minimum Gasteiger partial charge on any atom is -0.468 e. The van der Waals surface area contributed by atoms with Crippen LogP contribution in [0.1, 0.15) is 35.5 Å². The molecular formula is C18H30IN5OS. The molecule has 2 aromatic rings. The van der Waals surface area contributed by atoms with Gasteiger partial charge in [0.25, 0.3) is 0 Å². The Balaban J connectivity index is 0.00000338. The highest BCUT2D eigenvalue weighted by Crippen LogP contribution is 2.18.